The van der Waals surface area contributed by atoms with E-state index in [1.807, 2.05) is 0 Å². The van der Waals surface area contributed by atoms with E-state index in [1.54, 1.807) is 0 Å². The molecule has 0 radical (unpaired) electrons. The fourth-order valence-corrected chi connectivity index (χ4v) is 3.11. The number of rotatable bonds is 8. The molecule has 176 valence electrons. The van der Waals surface area contributed by atoms with E-state index in [4.69, 9.17) is 18.9 Å². The first-order valence-electron chi connectivity index (χ1n) is 9.12. The molecular formula is C16H28O14. The molecule has 2 rings (SSSR count). The van der Waals surface area contributed by atoms with Crippen LogP contribution in [-0.2, 0) is 28.5 Å². The molecule has 2 aliphatic heterocycles. The van der Waals surface area contributed by atoms with Crippen LogP contribution in [0.1, 0.15) is 0 Å². The first kappa shape index (κ1) is 25.3. The predicted octanol–water partition coefficient (Wildman–Crippen LogP) is -5.84. The molecule has 0 aliphatic carbocycles. The van der Waals surface area contributed by atoms with Gasteiger partial charge in [-0.05, 0) is 0 Å². The SMILES string of the molecule is COC(=O)[C@@H](CO)O[C@H]1O[C@H](CO)[C@@H](O)[C@H](O)[C@H]1O[C@H]1O[C@H](CO)[C@@H](O)[C@H](O)[C@@H]1O. The first-order valence-corrected chi connectivity index (χ1v) is 9.12. The Balaban J connectivity index is 2.24. The summed E-state index contributed by atoms with van der Waals surface area (Å²) in [6, 6.07) is 0. The molecule has 2 saturated heterocycles. The highest BCUT2D eigenvalue weighted by Gasteiger charge is 2.51. The van der Waals surface area contributed by atoms with Gasteiger partial charge in [-0.25, -0.2) is 4.79 Å². The van der Waals surface area contributed by atoms with Crippen LogP contribution in [0.5, 0.6) is 0 Å². The summed E-state index contributed by atoms with van der Waals surface area (Å²) in [5, 5.41) is 78.3. The summed E-state index contributed by atoms with van der Waals surface area (Å²) < 4.78 is 25.7. The van der Waals surface area contributed by atoms with Crippen molar-refractivity contribution in [3.63, 3.8) is 0 Å². The lowest BCUT2D eigenvalue weighted by molar-refractivity contribution is -0.371. The first-order chi connectivity index (χ1) is 14.2. The maximum absolute atomic E-state index is 11.7. The van der Waals surface area contributed by atoms with Crippen molar-refractivity contribution in [2.45, 2.75) is 67.5 Å². The fraction of sp³-hybridized carbons (Fsp3) is 0.938. The average molecular weight is 444 g/mol. The third-order valence-corrected chi connectivity index (χ3v) is 4.89. The van der Waals surface area contributed by atoms with Crippen molar-refractivity contribution in [1.29, 1.82) is 0 Å². The number of carbonyl (C=O) groups is 1. The van der Waals surface area contributed by atoms with Crippen molar-refractivity contribution in [2.24, 2.45) is 0 Å². The van der Waals surface area contributed by atoms with Gasteiger partial charge in [-0.15, -0.1) is 0 Å². The van der Waals surface area contributed by atoms with Gasteiger partial charge >= 0.3 is 5.97 Å². The van der Waals surface area contributed by atoms with Crippen LogP contribution in [0.15, 0.2) is 0 Å². The van der Waals surface area contributed by atoms with Crippen molar-refractivity contribution in [1.82, 2.24) is 0 Å². The molecule has 8 N–H and O–H groups in total. The Labute approximate surface area is 170 Å². The van der Waals surface area contributed by atoms with Gasteiger partial charge < -0.3 is 64.5 Å². The van der Waals surface area contributed by atoms with E-state index in [2.05, 4.69) is 4.74 Å². The van der Waals surface area contributed by atoms with Crippen LogP contribution < -0.4 is 0 Å². The molecule has 0 unspecified atom stereocenters. The van der Waals surface area contributed by atoms with Gasteiger partial charge in [0.2, 0.25) is 0 Å². The maximum atomic E-state index is 11.7. The number of esters is 1. The van der Waals surface area contributed by atoms with Gasteiger partial charge in [0, 0.05) is 0 Å². The molecule has 14 heteroatoms. The van der Waals surface area contributed by atoms with Crippen LogP contribution in [0.25, 0.3) is 0 Å². The molecule has 2 fully saturated rings. The second-order valence-corrected chi connectivity index (χ2v) is 6.84. The summed E-state index contributed by atoms with van der Waals surface area (Å²) in [5.41, 5.74) is 0. The third kappa shape index (κ3) is 5.24. The Morgan fingerprint density at radius 2 is 1.37 bits per heavy atom. The van der Waals surface area contributed by atoms with Crippen molar-refractivity contribution in [3.05, 3.63) is 0 Å². The van der Waals surface area contributed by atoms with Crippen LogP contribution in [0.4, 0.5) is 0 Å². The van der Waals surface area contributed by atoms with E-state index in [0.29, 0.717) is 0 Å². The minimum absolute atomic E-state index is 0.738. The van der Waals surface area contributed by atoms with E-state index in [0.717, 1.165) is 7.11 Å². The van der Waals surface area contributed by atoms with Gasteiger partial charge in [-0.1, -0.05) is 0 Å². The van der Waals surface area contributed by atoms with Crippen molar-refractivity contribution in [3.8, 4) is 0 Å². The van der Waals surface area contributed by atoms with Gasteiger partial charge in [0.25, 0.3) is 0 Å². The third-order valence-electron chi connectivity index (χ3n) is 4.89. The highest BCUT2D eigenvalue weighted by atomic mass is 16.8. The second kappa shape index (κ2) is 11.0. The number of aliphatic hydroxyl groups excluding tert-OH is 8. The monoisotopic (exact) mass is 444 g/mol. The maximum Gasteiger partial charge on any atom is 0.337 e. The van der Waals surface area contributed by atoms with E-state index in [1.165, 1.54) is 0 Å². The lowest BCUT2D eigenvalue weighted by Crippen LogP contribution is -2.65. The fourth-order valence-electron chi connectivity index (χ4n) is 3.11. The number of aliphatic hydroxyl groups is 8. The Hall–Kier alpha value is -1.01. The number of ether oxygens (including phenoxy) is 5. The molecule has 2 heterocycles. The lowest BCUT2D eigenvalue weighted by atomic mass is 9.97. The van der Waals surface area contributed by atoms with Gasteiger partial charge in [0.1, 0.15) is 48.8 Å². The van der Waals surface area contributed by atoms with Gasteiger partial charge in [-0.2, -0.15) is 0 Å². The molecule has 0 aromatic rings. The largest absolute Gasteiger partial charge is 0.467 e. The normalized spacial score (nSPS) is 43.2. The zero-order valence-electron chi connectivity index (χ0n) is 16.0. The zero-order chi connectivity index (χ0) is 22.6. The summed E-state index contributed by atoms with van der Waals surface area (Å²) in [4.78, 5) is 11.7. The van der Waals surface area contributed by atoms with Crippen LogP contribution in [0, 0.1) is 0 Å². The van der Waals surface area contributed by atoms with Crippen LogP contribution in [0.2, 0.25) is 0 Å². The number of methoxy groups -OCH3 is 1. The molecule has 0 aromatic carbocycles. The Morgan fingerprint density at radius 1 is 0.833 bits per heavy atom. The molecule has 0 bridgehead atoms. The Bertz CT molecular complexity index is 546. The molecular weight excluding hydrogens is 416 g/mol. The minimum Gasteiger partial charge on any atom is -0.467 e. The van der Waals surface area contributed by atoms with Crippen LogP contribution in [0.3, 0.4) is 0 Å². The Kier molecular flexibility index (Phi) is 9.29. The van der Waals surface area contributed by atoms with Crippen LogP contribution in [-0.4, -0.2) is 141 Å². The van der Waals surface area contributed by atoms with Crippen molar-refractivity contribution in [2.75, 3.05) is 26.9 Å². The second-order valence-electron chi connectivity index (χ2n) is 6.84. The minimum atomic E-state index is -1.84. The molecule has 2 aliphatic rings. The predicted molar refractivity (Wildman–Crippen MR) is 90.4 cm³/mol. The van der Waals surface area contributed by atoms with E-state index in [-0.39, 0.29) is 0 Å². The molecule has 14 nitrogen and oxygen atoms in total. The summed E-state index contributed by atoms with van der Waals surface area (Å²) in [6.07, 6.45) is -18.1. The molecule has 30 heavy (non-hydrogen) atoms. The molecule has 11 atom stereocenters. The molecule has 0 amide bonds. The smallest absolute Gasteiger partial charge is 0.337 e. The Morgan fingerprint density at radius 3 is 1.87 bits per heavy atom. The average Bonchev–Trinajstić information content (AvgIpc) is 2.75. The summed E-state index contributed by atoms with van der Waals surface area (Å²) in [6.45, 7) is -2.33. The quantitative estimate of drug-likeness (QED) is 0.163. The highest BCUT2D eigenvalue weighted by molar-refractivity contribution is 5.74. The highest BCUT2D eigenvalue weighted by Crippen LogP contribution is 2.30. The van der Waals surface area contributed by atoms with Crippen molar-refractivity contribution >= 4 is 5.97 Å². The summed E-state index contributed by atoms with van der Waals surface area (Å²) in [7, 11) is 1.03. The summed E-state index contributed by atoms with van der Waals surface area (Å²) >= 11 is 0. The van der Waals surface area contributed by atoms with Gasteiger partial charge in [0.05, 0.1) is 26.9 Å². The zero-order valence-corrected chi connectivity index (χ0v) is 16.0. The molecule has 0 saturated carbocycles. The van der Waals surface area contributed by atoms with Crippen LogP contribution >= 0.6 is 0 Å². The van der Waals surface area contributed by atoms with E-state index < -0.39 is 93.3 Å². The topological polar surface area (TPSA) is 225 Å². The van der Waals surface area contributed by atoms with E-state index in [9.17, 15) is 45.6 Å². The molecule has 0 aromatic heterocycles. The van der Waals surface area contributed by atoms with Gasteiger partial charge in [0.15, 0.2) is 18.7 Å². The standard InChI is InChI=1S/C16H28O14/c1-26-14(25)7(4-19)29-16-13(11(23)9(21)6(3-18)28-16)30-15-12(24)10(22)8(20)5(2-17)27-15/h5-13,15-24H,2-4H2,1H3/t5-,6-,7-,8-,9-,10+,11+,12+,13-,15-,16-/m1/s1. The molecule has 0 spiro atoms. The summed E-state index contributed by atoms with van der Waals surface area (Å²) in [5.74, 6) is -0.992. The van der Waals surface area contributed by atoms with Crippen molar-refractivity contribution < 1.29 is 69.3 Å². The number of hydrogen-bond acceptors (Lipinski definition) is 14. The lowest BCUT2D eigenvalue weighted by Gasteiger charge is -2.46. The van der Waals surface area contributed by atoms with E-state index >= 15 is 0 Å². The number of hydrogen-bond donors (Lipinski definition) is 8. The van der Waals surface area contributed by atoms with Gasteiger partial charge in [-0.3, -0.25) is 0 Å². The number of carbonyl (C=O) groups excluding carboxylic acids is 1.